The molecule has 0 atom stereocenters. The average molecular weight is 288 g/mol. The molecule has 0 amide bonds. The first kappa shape index (κ1) is 12.7. The highest BCUT2D eigenvalue weighted by molar-refractivity contribution is 5.88. The normalized spacial score (nSPS) is 11.1. The second-order valence-electron chi connectivity index (χ2n) is 5.42. The zero-order valence-corrected chi connectivity index (χ0v) is 12.2. The van der Waals surface area contributed by atoms with Crippen LogP contribution in [0.1, 0.15) is 5.56 Å². The molecule has 0 fully saturated rings. The summed E-state index contributed by atoms with van der Waals surface area (Å²) in [5, 5.41) is 5.85. The maximum absolute atomic E-state index is 6.12. The smallest absolute Gasteiger partial charge is 0.127 e. The molecular weight excluding hydrogens is 272 g/mol. The van der Waals surface area contributed by atoms with Crippen LogP contribution in [0.5, 0.6) is 0 Å². The number of nitrogens with two attached hydrogens (primary N) is 1. The quantitative estimate of drug-likeness (QED) is 0.587. The van der Waals surface area contributed by atoms with Gasteiger partial charge in [0.05, 0.1) is 11.4 Å². The first-order chi connectivity index (χ1) is 10.7. The molecule has 4 nitrogen and oxygen atoms in total. The van der Waals surface area contributed by atoms with Gasteiger partial charge in [0.1, 0.15) is 11.5 Å². The molecule has 0 unspecified atom stereocenters. The van der Waals surface area contributed by atoms with Crippen LogP contribution in [0.3, 0.4) is 0 Å². The Morgan fingerprint density at radius 1 is 1.00 bits per heavy atom. The Balaban J connectivity index is 1.84. The number of aryl methyl sites for hydroxylation is 1. The van der Waals surface area contributed by atoms with Crippen molar-refractivity contribution in [2.45, 2.75) is 6.92 Å². The number of nitrogens with one attached hydrogen (secondary N) is 1. The zero-order valence-electron chi connectivity index (χ0n) is 12.2. The van der Waals surface area contributed by atoms with E-state index >= 15 is 0 Å². The molecule has 22 heavy (non-hydrogen) atoms. The maximum atomic E-state index is 6.12. The van der Waals surface area contributed by atoms with Crippen molar-refractivity contribution in [3.63, 3.8) is 0 Å². The third kappa shape index (κ3) is 1.97. The van der Waals surface area contributed by atoms with Gasteiger partial charge in [-0.15, -0.1) is 0 Å². The SMILES string of the molecule is Cc1cccc2[nH]c(-c3cc(N)n(-c4ccccc4)n3)cc12. The number of fused-ring (bicyclic) bond motifs is 1. The van der Waals surface area contributed by atoms with Gasteiger partial charge in [0.25, 0.3) is 0 Å². The Hall–Kier alpha value is -3.01. The summed E-state index contributed by atoms with van der Waals surface area (Å²) in [6, 6.07) is 20.2. The number of aromatic amines is 1. The summed E-state index contributed by atoms with van der Waals surface area (Å²) in [4.78, 5) is 3.41. The molecule has 0 saturated carbocycles. The van der Waals surface area contributed by atoms with Crippen LogP contribution in [0.15, 0.2) is 60.7 Å². The summed E-state index contributed by atoms with van der Waals surface area (Å²) in [7, 11) is 0. The molecule has 0 bridgehead atoms. The molecule has 0 spiro atoms. The fraction of sp³-hybridized carbons (Fsp3) is 0.0556. The topological polar surface area (TPSA) is 59.6 Å². The third-order valence-electron chi connectivity index (χ3n) is 3.90. The van der Waals surface area contributed by atoms with Gasteiger partial charge in [-0.2, -0.15) is 5.10 Å². The monoisotopic (exact) mass is 288 g/mol. The van der Waals surface area contributed by atoms with E-state index in [0.29, 0.717) is 5.82 Å². The summed E-state index contributed by atoms with van der Waals surface area (Å²) in [5.41, 5.74) is 11.3. The highest BCUT2D eigenvalue weighted by Crippen LogP contribution is 2.27. The van der Waals surface area contributed by atoms with Crippen LogP contribution in [0.2, 0.25) is 0 Å². The number of para-hydroxylation sites is 1. The minimum Gasteiger partial charge on any atom is -0.384 e. The molecule has 2 aromatic carbocycles. The van der Waals surface area contributed by atoms with Crippen molar-refractivity contribution in [1.82, 2.24) is 14.8 Å². The number of rotatable bonds is 2. The van der Waals surface area contributed by atoms with Gasteiger partial charge in [-0.25, -0.2) is 4.68 Å². The second kappa shape index (κ2) is 4.77. The van der Waals surface area contributed by atoms with Crippen LogP contribution >= 0.6 is 0 Å². The van der Waals surface area contributed by atoms with E-state index in [9.17, 15) is 0 Å². The van der Waals surface area contributed by atoms with Crippen molar-refractivity contribution < 1.29 is 0 Å². The van der Waals surface area contributed by atoms with Gasteiger partial charge in [0, 0.05) is 17.0 Å². The van der Waals surface area contributed by atoms with Crippen LogP contribution < -0.4 is 5.73 Å². The molecule has 4 aromatic rings. The fourth-order valence-electron chi connectivity index (χ4n) is 2.75. The highest BCUT2D eigenvalue weighted by Gasteiger charge is 2.11. The number of aromatic nitrogens is 3. The molecular formula is C18H16N4. The Kier molecular flexibility index (Phi) is 2.76. The summed E-state index contributed by atoms with van der Waals surface area (Å²) < 4.78 is 1.76. The van der Waals surface area contributed by atoms with Crippen molar-refractivity contribution in [2.75, 3.05) is 5.73 Å². The molecule has 108 valence electrons. The molecule has 2 heterocycles. The van der Waals surface area contributed by atoms with Crippen LogP contribution in [0.4, 0.5) is 5.82 Å². The predicted octanol–water partition coefficient (Wildman–Crippen LogP) is 3.91. The number of anilines is 1. The summed E-state index contributed by atoms with van der Waals surface area (Å²) >= 11 is 0. The van der Waals surface area contributed by atoms with E-state index in [2.05, 4.69) is 41.3 Å². The molecule has 4 heteroatoms. The number of benzene rings is 2. The number of hydrogen-bond acceptors (Lipinski definition) is 2. The van der Waals surface area contributed by atoms with Crippen molar-refractivity contribution in [2.24, 2.45) is 0 Å². The Morgan fingerprint density at radius 3 is 2.59 bits per heavy atom. The predicted molar refractivity (Wildman–Crippen MR) is 90.0 cm³/mol. The third-order valence-corrected chi connectivity index (χ3v) is 3.90. The van der Waals surface area contributed by atoms with Crippen molar-refractivity contribution in [3.8, 4) is 17.1 Å². The number of nitrogen functional groups attached to an aromatic ring is 1. The largest absolute Gasteiger partial charge is 0.384 e. The summed E-state index contributed by atoms with van der Waals surface area (Å²) in [6.45, 7) is 2.11. The van der Waals surface area contributed by atoms with Gasteiger partial charge in [-0.1, -0.05) is 30.3 Å². The van der Waals surface area contributed by atoms with Crippen molar-refractivity contribution in [1.29, 1.82) is 0 Å². The first-order valence-electron chi connectivity index (χ1n) is 7.22. The Bertz CT molecular complexity index is 948. The second-order valence-corrected chi connectivity index (χ2v) is 5.42. The minimum absolute atomic E-state index is 0.622. The van der Waals surface area contributed by atoms with E-state index in [4.69, 9.17) is 5.73 Å². The van der Waals surface area contributed by atoms with E-state index < -0.39 is 0 Å². The summed E-state index contributed by atoms with van der Waals surface area (Å²) in [6.07, 6.45) is 0. The highest BCUT2D eigenvalue weighted by atomic mass is 15.3. The molecule has 0 aliphatic heterocycles. The Morgan fingerprint density at radius 2 is 1.82 bits per heavy atom. The lowest BCUT2D eigenvalue weighted by Crippen LogP contribution is -2.01. The molecule has 0 aliphatic carbocycles. The fourth-order valence-corrected chi connectivity index (χ4v) is 2.75. The molecule has 0 aliphatic rings. The van der Waals surface area contributed by atoms with Crippen LogP contribution in [0, 0.1) is 6.92 Å². The standard InChI is InChI=1S/C18H16N4/c1-12-6-5-9-15-14(12)10-16(20-15)17-11-18(19)22(21-17)13-7-3-2-4-8-13/h2-11,20H,19H2,1H3. The molecule has 4 rings (SSSR count). The van der Waals surface area contributed by atoms with Crippen LogP contribution in [-0.2, 0) is 0 Å². The van der Waals surface area contributed by atoms with Gasteiger partial charge in [0.2, 0.25) is 0 Å². The number of H-pyrrole nitrogens is 1. The van der Waals surface area contributed by atoms with Crippen molar-refractivity contribution in [3.05, 3.63) is 66.2 Å². The van der Waals surface area contributed by atoms with E-state index in [1.165, 1.54) is 10.9 Å². The van der Waals surface area contributed by atoms with Gasteiger partial charge in [-0.05, 0) is 36.8 Å². The molecule has 3 N–H and O–H groups in total. The van der Waals surface area contributed by atoms with Crippen LogP contribution in [0.25, 0.3) is 28.0 Å². The average Bonchev–Trinajstić information content (AvgIpc) is 3.12. The lowest BCUT2D eigenvalue weighted by atomic mass is 10.1. The molecule has 0 radical (unpaired) electrons. The van der Waals surface area contributed by atoms with E-state index in [1.54, 1.807) is 4.68 Å². The summed E-state index contributed by atoms with van der Waals surface area (Å²) in [5.74, 6) is 0.622. The van der Waals surface area contributed by atoms with E-state index in [0.717, 1.165) is 22.6 Å². The van der Waals surface area contributed by atoms with Crippen molar-refractivity contribution >= 4 is 16.7 Å². The van der Waals surface area contributed by atoms with E-state index in [1.807, 2.05) is 36.4 Å². The minimum atomic E-state index is 0.622. The molecule has 0 saturated heterocycles. The number of nitrogens with zero attached hydrogens (tertiary/aromatic N) is 2. The van der Waals surface area contributed by atoms with Gasteiger partial charge in [0.15, 0.2) is 0 Å². The van der Waals surface area contributed by atoms with Gasteiger partial charge >= 0.3 is 0 Å². The Labute approximate surface area is 128 Å². The molecule has 2 aromatic heterocycles. The van der Waals surface area contributed by atoms with Gasteiger partial charge < -0.3 is 10.7 Å². The lowest BCUT2D eigenvalue weighted by molar-refractivity contribution is 0.894. The maximum Gasteiger partial charge on any atom is 0.127 e. The lowest BCUT2D eigenvalue weighted by Gasteiger charge is -2.02. The van der Waals surface area contributed by atoms with Gasteiger partial charge in [-0.3, -0.25) is 0 Å². The first-order valence-corrected chi connectivity index (χ1v) is 7.22. The van der Waals surface area contributed by atoms with Crippen LogP contribution in [-0.4, -0.2) is 14.8 Å². The number of hydrogen-bond donors (Lipinski definition) is 2. The zero-order chi connectivity index (χ0) is 15.1. The van der Waals surface area contributed by atoms with E-state index in [-0.39, 0.29) is 0 Å².